The number of piperidine rings is 1. The van der Waals surface area contributed by atoms with E-state index in [0.717, 1.165) is 37.3 Å². The number of benzene rings is 1. The van der Waals surface area contributed by atoms with Crippen LogP contribution in [0.4, 0.5) is 8.78 Å². The number of nitrogens with zero attached hydrogens (tertiary/aromatic N) is 3. The number of aromatic amines is 1. The third kappa shape index (κ3) is 3.41. The maximum Gasteiger partial charge on any atom is 0.263 e. The molecular weight excluding hydrogens is 326 g/mol. The maximum absolute atomic E-state index is 12.9. The van der Waals surface area contributed by atoms with Gasteiger partial charge in [-0.05, 0) is 37.8 Å². The van der Waals surface area contributed by atoms with Gasteiger partial charge in [0.05, 0.1) is 0 Å². The molecule has 2 aliphatic rings. The van der Waals surface area contributed by atoms with Crippen molar-refractivity contribution in [2.75, 3.05) is 13.1 Å². The molecule has 25 heavy (non-hydrogen) atoms. The summed E-state index contributed by atoms with van der Waals surface area (Å²) in [6.07, 6.45) is 1.53. The van der Waals surface area contributed by atoms with Gasteiger partial charge in [-0.3, -0.25) is 9.89 Å². The van der Waals surface area contributed by atoms with Crippen LogP contribution in [0.3, 0.4) is 0 Å². The van der Waals surface area contributed by atoms with Crippen molar-refractivity contribution >= 4 is 5.91 Å². The lowest BCUT2D eigenvalue weighted by molar-refractivity contribution is 0.0704. The van der Waals surface area contributed by atoms with Crippen LogP contribution in [0.5, 0.6) is 0 Å². The quantitative estimate of drug-likeness (QED) is 0.919. The molecule has 2 fully saturated rings. The van der Waals surface area contributed by atoms with Crippen molar-refractivity contribution in [2.45, 2.75) is 43.9 Å². The summed E-state index contributed by atoms with van der Waals surface area (Å²) in [4.78, 5) is 19.0. The summed E-state index contributed by atoms with van der Waals surface area (Å²) in [5, 5.41) is 7.34. The van der Waals surface area contributed by atoms with Crippen LogP contribution in [0.2, 0.25) is 0 Å². The molecule has 0 bridgehead atoms. The number of likely N-dealkylation sites (tertiary alicyclic amines) is 1. The summed E-state index contributed by atoms with van der Waals surface area (Å²) in [5.41, 5.74) is 0.189. The Bertz CT molecular complexity index is 772. The average molecular weight is 346 g/mol. The zero-order valence-electron chi connectivity index (χ0n) is 13.8. The molecule has 1 amide bonds. The Hall–Kier alpha value is -2.31. The van der Waals surface area contributed by atoms with Gasteiger partial charge < -0.3 is 4.90 Å². The minimum absolute atomic E-state index is 0.0970. The van der Waals surface area contributed by atoms with Crippen molar-refractivity contribution in [1.82, 2.24) is 20.1 Å². The van der Waals surface area contributed by atoms with E-state index in [0.29, 0.717) is 24.6 Å². The zero-order valence-corrected chi connectivity index (χ0v) is 13.8. The van der Waals surface area contributed by atoms with E-state index in [1.807, 2.05) is 0 Å². The van der Waals surface area contributed by atoms with E-state index in [2.05, 4.69) is 15.2 Å². The van der Waals surface area contributed by atoms with Gasteiger partial charge in [0.1, 0.15) is 5.82 Å². The van der Waals surface area contributed by atoms with E-state index < -0.39 is 6.43 Å². The fraction of sp³-hybridized carbons (Fsp3) is 0.500. The van der Waals surface area contributed by atoms with Crippen LogP contribution < -0.4 is 0 Å². The van der Waals surface area contributed by atoms with E-state index in [1.165, 1.54) is 18.2 Å². The number of amides is 1. The van der Waals surface area contributed by atoms with E-state index in [9.17, 15) is 13.6 Å². The smallest absolute Gasteiger partial charge is 0.263 e. The number of carbonyl (C=O) groups excluding carboxylic acids is 1. The molecule has 132 valence electrons. The molecule has 1 aromatic carbocycles. The van der Waals surface area contributed by atoms with Crippen LogP contribution in [0, 0.1) is 0 Å². The van der Waals surface area contributed by atoms with Crippen LogP contribution in [-0.2, 0) is 0 Å². The number of hydrogen-bond donors (Lipinski definition) is 1. The number of carbonyl (C=O) groups is 1. The molecule has 7 heteroatoms. The highest BCUT2D eigenvalue weighted by Crippen LogP contribution is 2.38. The molecule has 0 spiro atoms. The van der Waals surface area contributed by atoms with Gasteiger partial charge >= 0.3 is 0 Å². The van der Waals surface area contributed by atoms with Crippen LogP contribution >= 0.6 is 0 Å². The number of hydrogen-bond acceptors (Lipinski definition) is 3. The summed E-state index contributed by atoms with van der Waals surface area (Å²) in [7, 11) is 0. The monoisotopic (exact) mass is 346 g/mol. The summed E-state index contributed by atoms with van der Waals surface area (Å²) in [5.74, 6) is 2.12. The standard InChI is InChI=1S/C18H20F2N4O/c19-15(20)12-3-1-4-13(9-12)18(25)24-8-2-5-14(10-24)17-21-16(22-23-17)11-6-7-11/h1,3-4,9,11,14-15H,2,5-8,10H2,(H,21,22,23). The summed E-state index contributed by atoms with van der Waals surface area (Å²) < 4.78 is 25.7. The van der Waals surface area contributed by atoms with Gasteiger partial charge in [-0.1, -0.05) is 12.1 Å². The molecule has 0 radical (unpaired) electrons. The van der Waals surface area contributed by atoms with Crippen molar-refractivity contribution in [3.8, 4) is 0 Å². The van der Waals surface area contributed by atoms with Gasteiger partial charge in [0.2, 0.25) is 0 Å². The van der Waals surface area contributed by atoms with Crippen LogP contribution in [0.1, 0.15) is 71.5 Å². The normalized spacial score (nSPS) is 20.9. The third-order valence-corrected chi connectivity index (χ3v) is 4.94. The zero-order chi connectivity index (χ0) is 17.4. The molecule has 4 rings (SSSR count). The molecule has 5 nitrogen and oxygen atoms in total. The largest absolute Gasteiger partial charge is 0.338 e. The molecule has 1 saturated heterocycles. The van der Waals surface area contributed by atoms with Crippen LogP contribution in [0.25, 0.3) is 0 Å². The first kappa shape index (κ1) is 16.2. The van der Waals surface area contributed by atoms with Crippen LogP contribution in [-0.4, -0.2) is 39.1 Å². The molecule has 1 unspecified atom stereocenters. The van der Waals surface area contributed by atoms with E-state index >= 15 is 0 Å². The lowest BCUT2D eigenvalue weighted by Gasteiger charge is -2.31. The first-order valence-corrected chi connectivity index (χ1v) is 8.71. The second kappa shape index (κ2) is 6.54. The third-order valence-electron chi connectivity index (χ3n) is 4.94. The molecule has 1 saturated carbocycles. The predicted molar refractivity (Wildman–Crippen MR) is 87.6 cm³/mol. The first-order chi connectivity index (χ1) is 12.1. The van der Waals surface area contributed by atoms with Gasteiger partial charge in [-0.25, -0.2) is 13.8 Å². The summed E-state index contributed by atoms with van der Waals surface area (Å²) >= 11 is 0. The Balaban J connectivity index is 1.48. The first-order valence-electron chi connectivity index (χ1n) is 8.71. The Labute approximate surface area is 144 Å². The van der Waals surface area contributed by atoms with Gasteiger partial charge in [-0.2, -0.15) is 5.10 Å². The summed E-state index contributed by atoms with van der Waals surface area (Å²) in [6.45, 7) is 1.16. The second-order valence-electron chi connectivity index (χ2n) is 6.87. The predicted octanol–water partition coefficient (Wildman–Crippen LogP) is 3.64. The van der Waals surface area contributed by atoms with Gasteiger partial charge in [-0.15, -0.1) is 0 Å². The minimum Gasteiger partial charge on any atom is -0.338 e. The number of alkyl halides is 2. The number of rotatable bonds is 4. The van der Waals surface area contributed by atoms with Crippen LogP contribution in [0.15, 0.2) is 24.3 Å². The number of halogens is 2. The second-order valence-corrected chi connectivity index (χ2v) is 6.87. The number of nitrogens with one attached hydrogen (secondary N) is 1. The topological polar surface area (TPSA) is 61.9 Å². The maximum atomic E-state index is 12.9. The fourth-order valence-corrected chi connectivity index (χ4v) is 3.37. The summed E-state index contributed by atoms with van der Waals surface area (Å²) in [6, 6.07) is 5.73. The molecule has 2 heterocycles. The molecule has 2 aromatic rings. The molecule has 1 atom stereocenters. The van der Waals surface area contributed by atoms with Crippen molar-refractivity contribution in [1.29, 1.82) is 0 Å². The molecule has 1 aromatic heterocycles. The van der Waals surface area contributed by atoms with Crippen molar-refractivity contribution < 1.29 is 13.6 Å². The van der Waals surface area contributed by atoms with Gasteiger partial charge in [0.25, 0.3) is 12.3 Å². The Morgan fingerprint density at radius 1 is 1.24 bits per heavy atom. The van der Waals surface area contributed by atoms with E-state index in [4.69, 9.17) is 0 Å². The number of H-pyrrole nitrogens is 1. The Morgan fingerprint density at radius 3 is 2.84 bits per heavy atom. The number of aromatic nitrogens is 3. The van der Waals surface area contributed by atoms with E-state index in [-0.39, 0.29) is 17.4 Å². The SMILES string of the molecule is O=C(c1cccc(C(F)F)c1)N1CCCC(c2n[nH]c(C3CC3)n2)C1. The molecule has 1 aliphatic heterocycles. The van der Waals surface area contributed by atoms with Crippen molar-refractivity contribution in [2.24, 2.45) is 0 Å². The average Bonchev–Trinajstić information content (AvgIpc) is 3.38. The fourth-order valence-electron chi connectivity index (χ4n) is 3.37. The Morgan fingerprint density at radius 2 is 2.08 bits per heavy atom. The lowest BCUT2D eigenvalue weighted by Crippen LogP contribution is -2.39. The van der Waals surface area contributed by atoms with Gasteiger partial charge in [0, 0.05) is 36.1 Å². The van der Waals surface area contributed by atoms with Gasteiger partial charge in [0.15, 0.2) is 5.82 Å². The molecule has 1 aliphatic carbocycles. The highest BCUT2D eigenvalue weighted by atomic mass is 19.3. The highest BCUT2D eigenvalue weighted by Gasteiger charge is 2.31. The lowest BCUT2D eigenvalue weighted by atomic mass is 9.96. The molecular formula is C18H20F2N4O. The Kier molecular flexibility index (Phi) is 4.23. The van der Waals surface area contributed by atoms with E-state index in [1.54, 1.807) is 11.0 Å². The molecule has 1 N–H and O–H groups in total. The van der Waals surface area contributed by atoms with Crippen molar-refractivity contribution in [3.05, 3.63) is 47.0 Å². The van der Waals surface area contributed by atoms with Crippen molar-refractivity contribution in [3.63, 3.8) is 0 Å². The minimum atomic E-state index is -2.57. The highest BCUT2D eigenvalue weighted by molar-refractivity contribution is 5.94.